The van der Waals surface area contributed by atoms with Crippen molar-refractivity contribution in [3.8, 4) is 0 Å². The summed E-state index contributed by atoms with van der Waals surface area (Å²) in [5.41, 5.74) is 0. The number of urea groups is 1. The number of carboxylic acid groups (broad SMARTS) is 1. The van der Waals surface area contributed by atoms with Gasteiger partial charge in [0, 0.05) is 39.1 Å². The Labute approximate surface area is 118 Å². The molecule has 2 amide bonds. The molecule has 2 saturated heterocycles. The molecule has 2 heterocycles. The monoisotopic (exact) mass is 285 g/mol. The van der Waals surface area contributed by atoms with Crippen LogP contribution in [-0.2, 0) is 9.53 Å². The maximum atomic E-state index is 12.0. The largest absolute Gasteiger partial charge is 0.481 e. The van der Waals surface area contributed by atoms with Gasteiger partial charge in [-0.1, -0.05) is 0 Å². The molecule has 2 N–H and O–H groups in total. The Bertz CT molecular complexity index is 364. The van der Waals surface area contributed by atoms with Crippen LogP contribution in [0.15, 0.2) is 0 Å². The van der Waals surface area contributed by atoms with Gasteiger partial charge < -0.3 is 25.0 Å². The van der Waals surface area contributed by atoms with Crippen LogP contribution < -0.4 is 5.32 Å². The highest BCUT2D eigenvalue weighted by atomic mass is 16.5. The van der Waals surface area contributed by atoms with Gasteiger partial charge in [-0.15, -0.1) is 0 Å². The first-order valence-corrected chi connectivity index (χ1v) is 7.09. The minimum absolute atomic E-state index is 0.0371. The van der Waals surface area contributed by atoms with E-state index in [1.54, 1.807) is 4.90 Å². The number of amides is 2. The van der Waals surface area contributed by atoms with E-state index in [1.807, 2.05) is 7.05 Å². The molecule has 7 heteroatoms. The van der Waals surface area contributed by atoms with E-state index in [0.29, 0.717) is 26.2 Å². The van der Waals surface area contributed by atoms with Crippen LogP contribution >= 0.6 is 0 Å². The van der Waals surface area contributed by atoms with E-state index in [2.05, 4.69) is 10.2 Å². The highest BCUT2D eigenvalue weighted by Crippen LogP contribution is 2.19. The summed E-state index contributed by atoms with van der Waals surface area (Å²) in [7, 11) is 2.04. The number of carbonyl (C=O) groups is 2. The molecule has 0 aromatic rings. The first-order chi connectivity index (χ1) is 9.54. The van der Waals surface area contributed by atoms with Gasteiger partial charge in [0.05, 0.1) is 12.7 Å². The van der Waals surface area contributed by atoms with Gasteiger partial charge in [-0.2, -0.15) is 0 Å². The van der Waals surface area contributed by atoms with Gasteiger partial charge in [0.15, 0.2) is 0 Å². The number of ether oxygens (including phenoxy) is 1. The van der Waals surface area contributed by atoms with Crippen molar-refractivity contribution in [1.82, 2.24) is 15.1 Å². The summed E-state index contributed by atoms with van der Waals surface area (Å²) >= 11 is 0. The van der Waals surface area contributed by atoms with Crippen LogP contribution in [0.5, 0.6) is 0 Å². The van der Waals surface area contributed by atoms with Gasteiger partial charge in [0.25, 0.3) is 0 Å². The van der Waals surface area contributed by atoms with Crippen molar-refractivity contribution < 1.29 is 19.4 Å². The second kappa shape index (κ2) is 6.90. The van der Waals surface area contributed by atoms with Crippen LogP contribution in [0.3, 0.4) is 0 Å². The zero-order valence-corrected chi connectivity index (χ0v) is 11.9. The lowest BCUT2D eigenvalue weighted by atomic mass is 10.1. The van der Waals surface area contributed by atoms with Crippen LogP contribution in [0.4, 0.5) is 4.79 Å². The third-order valence-corrected chi connectivity index (χ3v) is 3.86. The number of aliphatic carboxylic acids is 1. The molecule has 2 atom stereocenters. The standard InChI is InChI=1S/C13H23N3O4/c1-15-4-5-20-11(9-15)7-14-13(19)16-3-2-10(8-16)6-12(17)18/h10-11H,2-9H2,1H3,(H,14,19)(H,17,18). The first kappa shape index (κ1) is 15.1. The van der Waals surface area contributed by atoms with Crippen LogP contribution in [-0.4, -0.2) is 79.4 Å². The van der Waals surface area contributed by atoms with Crippen molar-refractivity contribution in [2.45, 2.75) is 18.9 Å². The molecule has 2 unspecified atom stereocenters. The summed E-state index contributed by atoms with van der Waals surface area (Å²) in [6.07, 6.45) is 0.943. The third kappa shape index (κ3) is 4.35. The molecule has 0 bridgehead atoms. The molecule has 0 aliphatic carbocycles. The van der Waals surface area contributed by atoms with Crippen molar-refractivity contribution in [3.05, 3.63) is 0 Å². The number of hydrogen-bond acceptors (Lipinski definition) is 4. The van der Waals surface area contributed by atoms with E-state index in [-0.39, 0.29) is 24.5 Å². The van der Waals surface area contributed by atoms with Crippen molar-refractivity contribution in [2.24, 2.45) is 5.92 Å². The fourth-order valence-electron chi connectivity index (χ4n) is 2.73. The molecule has 0 radical (unpaired) electrons. The Morgan fingerprint density at radius 1 is 1.35 bits per heavy atom. The number of rotatable bonds is 4. The summed E-state index contributed by atoms with van der Waals surface area (Å²) in [6.45, 7) is 4.11. The van der Waals surface area contributed by atoms with E-state index < -0.39 is 5.97 Å². The molecular weight excluding hydrogens is 262 g/mol. The van der Waals surface area contributed by atoms with Gasteiger partial charge in [-0.25, -0.2) is 4.79 Å². The number of hydrogen-bond donors (Lipinski definition) is 2. The maximum Gasteiger partial charge on any atom is 0.317 e. The Morgan fingerprint density at radius 2 is 2.15 bits per heavy atom. The molecular formula is C13H23N3O4. The summed E-state index contributed by atoms with van der Waals surface area (Å²) < 4.78 is 5.58. The van der Waals surface area contributed by atoms with Gasteiger partial charge in [0.1, 0.15) is 0 Å². The molecule has 114 valence electrons. The van der Waals surface area contributed by atoms with Crippen LogP contribution in [0.2, 0.25) is 0 Å². The number of likely N-dealkylation sites (tertiary alicyclic amines) is 1. The van der Waals surface area contributed by atoms with Crippen molar-refractivity contribution in [3.63, 3.8) is 0 Å². The van der Waals surface area contributed by atoms with Crippen LogP contribution in [0, 0.1) is 5.92 Å². The fraction of sp³-hybridized carbons (Fsp3) is 0.846. The molecule has 2 aliphatic rings. The normalized spacial score (nSPS) is 27.6. The molecule has 0 saturated carbocycles. The van der Waals surface area contributed by atoms with Gasteiger partial charge >= 0.3 is 12.0 Å². The zero-order chi connectivity index (χ0) is 14.5. The van der Waals surface area contributed by atoms with Crippen molar-refractivity contribution >= 4 is 12.0 Å². The zero-order valence-electron chi connectivity index (χ0n) is 11.9. The number of nitrogens with zero attached hydrogens (tertiary/aromatic N) is 2. The van der Waals surface area contributed by atoms with E-state index >= 15 is 0 Å². The minimum atomic E-state index is -0.795. The van der Waals surface area contributed by atoms with Gasteiger partial charge in [-0.05, 0) is 19.4 Å². The number of nitrogens with one attached hydrogen (secondary N) is 1. The second-order valence-electron chi connectivity index (χ2n) is 5.64. The van der Waals surface area contributed by atoms with Crippen LogP contribution in [0.25, 0.3) is 0 Å². The number of carbonyl (C=O) groups excluding carboxylic acids is 1. The van der Waals surface area contributed by atoms with Crippen LogP contribution in [0.1, 0.15) is 12.8 Å². The number of morpholine rings is 1. The van der Waals surface area contributed by atoms with Gasteiger partial charge in [-0.3, -0.25) is 4.79 Å². The fourth-order valence-corrected chi connectivity index (χ4v) is 2.73. The summed E-state index contributed by atoms with van der Waals surface area (Å²) in [6, 6.07) is -0.116. The Hall–Kier alpha value is -1.34. The highest BCUT2D eigenvalue weighted by Gasteiger charge is 2.28. The molecule has 0 spiro atoms. The predicted molar refractivity (Wildman–Crippen MR) is 72.6 cm³/mol. The topological polar surface area (TPSA) is 82.1 Å². The van der Waals surface area contributed by atoms with E-state index in [4.69, 9.17) is 9.84 Å². The smallest absolute Gasteiger partial charge is 0.317 e. The molecule has 2 rings (SSSR count). The third-order valence-electron chi connectivity index (χ3n) is 3.86. The lowest BCUT2D eigenvalue weighted by Crippen LogP contribution is -2.48. The minimum Gasteiger partial charge on any atom is -0.481 e. The molecule has 0 aromatic heterocycles. The summed E-state index contributed by atoms with van der Waals surface area (Å²) in [4.78, 5) is 26.5. The number of likely N-dealkylation sites (N-methyl/N-ethyl adjacent to an activating group) is 1. The predicted octanol–water partition coefficient (Wildman–Crippen LogP) is -0.177. The molecule has 0 aromatic carbocycles. The average Bonchev–Trinajstić information content (AvgIpc) is 2.84. The maximum absolute atomic E-state index is 12.0. The second-order valence-corrected chi connectivity index (χ2v) is 5.64. The quantitative estimate of drug-likeness (QED) is 0.749. The highest BCUT2D eigenvalue weighted by molar-refractivity contribution is 5.74. The Balaban J connectivity index is 1.69. The molecule has 2 fully saturated rings. The molecule has 7 nitrogen and oxygen atoms in total. The lowest BCUT2D eigenvalue weighted by Gasteiger charge is -2.30. The molecule has 20 heavy (non-hydrogen) atoms. The number of carboxylic acids is 1. The average molecular weight is 285 g/mol. The Kier molecular flexibility index (Phi) is 5.19. The van der Waals surface area contributed by atoms with Crippen molar-refractivity contribution in [2.75, 3.05) is 46.4 Å². The lowest BCUT2D eigenvalue weighted by molar-refractivity contribution is -0.138. The van der Waals surface area contributed by atoms with Crippen molar-refractivity contribution in [1.29, 1.82) is 0 Å². The van der Waals surface area contributed by atoms with E-state index in [0.717, 1.165) is 19.5 Å². The van der Waals surface area contributed by atoms with E-state index in [9.17, 15) is 9.59 Å². The summed E-state index contributed by atoms with van der Waals surface area (Å²) in [5.74, 6) is -0.716. The van der Waals surface area contributed by atoms with E-state index in [1.165, 1.54) is 0 Å². The van der Waals surface area contributed by atoms with Gasteiger partial charge in [0.2, 0.25) is 0 Å². The Morgan fingerprint density at radius 3 is 2.85 bits per heavy atom. The molecule has 2 aliphatic heterocycles. The first-order valence-electron chi connectivity index (χ1n) is 7.09. The summed E-state index contributed by atoms with van der Waals surface area (Å²) in [5, 5.41) is 11.6. The SMILES string of the molecule is CN1CCOC(CNC(=O)N2CCC(CC(=O)O)C2)C1.